The summed E-state index contributed by atoms with van der Waals surface area (Å²) in [6.45, 7) is -0.0322. The number of pyridine rings is 1. The van der Waals surface area contributed by atoms with E-state index in [2.05, 4.69) is 4.98 Å². The minimum Gasteiger partial charge on any atom is -0.486 e. The van der Waals surface area contributed by atoms with E-state index in [1.807, 2.05) is 36.4 Å². The molecule has 0 aliphatic rings. The summed E-state index contributed by atoms with van der Waals surface area (Å²) in [6.07, 6.45) is 1.15. The third-order valence-electron chi connectivity index (χ3n) is 3.74. The van der Waals surface area contributed by atoms with Crippen LogP contribution in [0.4, 0.5) is 11.4 Å². The Morgan fingerprint density at radius 2 is 1.69 bits per heavy atom. The predicted octanol–water partition coefficient (Wildman–Crippen LogP) is 4.58. The van der Waals surface area contributed by atoms with E-state index in [1.54, 1.807) is 24.3 Å². The van der Waals surface area contributed by atoms with Crippen molar-refractivity contribution >= 4 is 34.1 Å². The Morgan fingerprint density at radius 1 is 1.03 bits per heavy atom. The maximum absolute atomic E-state index is 10.8. The first-order chi connectivity index (χ1) is 14.0. The molecule has 9 heteroatoms. The lowest BCUT2D eigenvalue weighted by Gasteiger charge is -2.25. The first kappa shape index (κ1) is 20.0. The number of nitrogens with zero attached hydrogens (tertiary/aromatic N) is 3. The molecule has 0 unspecified atom stereocenters. The lowest BCUT2D eigenvalue weighted by atomic mass is 10.3. The van der Waals surface area contributed by atoms with Crippen molar-refractivity contribution in [3.8, 4) is 5.75 Å². The zero-order valence-electron chi connectivity index (χ0n) is 15.2. The summed E-state index contributed by atoms with van der Waals surface area (Å²) in [6, 6.07) is 21.0. The highest BCUT2D eigenvalue weighted by Gasteiger charge is 2.20. The van der Waals surface area contributed by atoms with E-state index in [4.69, 9.17) is 15.6 Å². The van der Waals surface area contributed by atoms with Gasteiger partial charge in [-0.05, 0) is 42.1 Å². The van der Waals surface area contributed by atoms with Gasteiger partial charge in [-0.1, -0.05) is 36.4 Å². The molecule has 2 N–H and O–H groups in total. The predicted molar refractivity (Wildman–Crippen MR) is 113 cm³/mol. The van der Waals surface area contributed by atoms with Crippen molar-refractivity contribution in [2.24, 2.45) is 0 Å². The van der Waals surface area contributed by atoms with Crippen LogP contribution in [-0.4, -0.2) is 27.5 Å². The molecule has 1 aromatic heterocycles. The Labute approximate surface area is 171 Å². The number of hydrogen-bond donors (Lipinski definition) is 2. The number of anilines is 1. The van der Waals surface area contributed by atoms with Crippen LogP contribution < -0.4 is 9.64 Å². The Hall–Kier alpha value is -3.72. The molecule has 3 rings (SSSR count). The number of aromatic nitrogens is 1. The number of nitro groups is 1. The van der Waals surface area contributed by atoms with Crippen LogP contribution in [0.15, 0.2) is 84.0 Å². The maximum Gasteiger partial charge on any atom is 0.287 e. The largest absolute Gasteiger partial charge is 0.486 e. The molecule has 1 heterocycles. The first-order valence-corrected chi connectivity index (χ1v) is 9.33. The Morgan fingerprint density at radius 3 is 2.28 bits per heavy atom. The fourth-order valence-electron chi connectivity index (χ4n) is 2.39. The zero-order valence-corrected chi connectivity index (χ0v) is 16.0. The summed E-state index contributed by atoms with van der Waals surface area (Å²) >= 11 is 0.996. The molecule has 3 aromatic rings. The van der Waals surface area contributed by atoms with Crippen molar-refractivity contribution in [3.63, 3.8) is 0 Å². The van der Waals surface area contributed by atoms with Crippen LogP contribution in [0.5, 0.6) is 5.75 Å². The fraction of sp³-hybridized carbons (Fsp3) is 0.0500. The van der Waals surface area contributed by atoms with Crippen LogP contribution in [0.1, 0.15) is 0 Å². The van der Waals surface area contributed by atoms with Gasteiger partial charge in [-0.15, -0.1) is 0 Å². The minimum absolute atomic E-state index is 0.0271. The number of benzene rings is 2. The van der Waals surface area contributed by atoms with Gasteiger partial charge in [0.05, 0.1) is 4.92 Å². The molecule has 0 saturated carbocycles. The highest BCUT2D eigenvalue weighted by molar-refractivity contribution is 8.14. The van der Waals surface area contributed by atoms with Crippen LogP contribution >= 0.6 is 11.8 Å². The number of amidine groups is 2. The normalized spacial score (nSPS) is 10.2. The monoisotopic (exact) mass is 407 g/mol. The molecule has 146 valence electrons. The molecule has 0 saturated heterocycles. The SMILES string of the molecule is N=C(COc1ccccc1)N(C(=N)Sc1ccc([N+](=O)[O-])cn1)c1ccccc1. The molecule has 0 radical (unpaired) electrons. The molecular weight excluding hydrogens is 390 g/mol. The molecule has 2 aromatic carbocycles. The van der Waals surface area contributed by atoms with Gasteiger partial charge >= 0.3 is 0 Å². The van der Waals surface area contributed by atoms with Gasteiger partial charge in [0.2, 0.25) is 0 Å². The zero-order chi connectivity index (χ0) is 20.6. The van der Waals surface area contributed by atoms with E-state index in [9.17, 15) is 10.1 Å². The maximum atomic E-state index is 10.8. The van der Waals surface area contributed by atoms with E-state index < -0.39 is 4.92 Å². The fourth-order valence-corrected chi connectivity index (χ4v) is 3.14. The average molecular weight is 407 g/mol. The summed E-state index contributed by atoms with van der Waals surface area (Å²) < 4.78 is 5.65. The van der Waals surface area contributed by atoms with Crippen LogP contribution in [0.2, 0.25) is 0 Å². The summed E-state index contributed by atoms with van der Waals surface area (Å²) in [4.78, 5) is 15.7. The van der Waals surface area contributed by atoms with E-state index in [-0.39, 0.29) is 23.3 Å². The molecule has 8 nitrogen and oxygen atoms in total. The molecule has 29 heavy (non-hydrogen) atoms. The second kappa shape index (κ2) is 9.47. The van der Waals surface area contributed by atoms with Crippen LogP contribution in [0.3, 0.4) is 0 Å². The van der Waals surface area contributed by atoms with Crippen molar-refractivity contribution < 1.29 is 9.66 Å². The third kappa shape index (κ3) is 5.39. The van der Waals surface area contributed by atoms with E-state index >= 15 is 0 Å². The van der Waals surface area contributed by atoms with E-state index in [0.717, 1.165) is 18.0 Å². The Bertz CT molecular complexity index is 998. The van der Waals surface area contributed by atoms with Gasteiger partial charge < -0.3 is 4.74 Å². The van der Waals surface area contributed by atoms with Crippen LogP contribution in [0.25, 0.3) is 0 Å². The summed E-state index contributed by atoms with van der Waals surface area (Å²) in [5, 5.41) is 28.2. The number of ether oxygens (including phenoxy) is 1. The average Bonchev–Trinajstić information content (AvgIpc) is 2.74. The molecule has 0 aliphatic carbocycles. The highest BCUT2D eigenvalue weighted by atomic mass is 32.2. The van der Waals surface area contributed by atoms with Crippen molar-refractivity contribution in [2.45, 2.75) is 5.03 Å². The van der Waals surface area contributed by atoms with Gasteiger partial charge in [0.1, 0.15) is 29.4 Å². The molecule has 0 bridgehead atoms. The van der Waals surface area contributed by atoms with Crippen LogP contribution in [-0.2, 0) is 0 Å². The van der Waals surface area contributed by atoms with Gasteiger partial charge in [0, 0.05) is 11.8 Å². The number of thioether (sulfide) groups is 1. The van der Waals surface area contributed by atoms with Gasteiger partial charge in [0.15, 0.2) is 5.17 Å². The number of hydrogen-bond acceptors (Lipinski definition) is 7. The van der Waals surface area contributed by atoms with Crippen LogP contribution in [0, 0.1) is 20.9 Å². The number of para-hydroxylation sites is 2. The summed E-state index contributed by atoms with van der Waals surface area (Å²) in [5.41, 5.74) is 0.512. The molecule has 0 spiro atoms. The molecule has 0 amide bonds. The number of rotatable bonds is 6. The molecule has 0 aliphatic heterocycles. The Balaban J connectivity index is 1.76. The van der Waals surface area contributed by atoms with Crippen molar-refractivity contribution in [1.82, 2.24) is 4.98 Å². The van der Waals surface area contributed by atoms with Gasteiger partial charge in [0.25, 0.3) is 5.69 Å². The van der Waals surface area contributed by atoms with Gasteiger partial charge in [-0.25, -0.2) is 4.98 Å². The second-order valence-electron chi connectivity index (χ2n) is 5.74. The van der Waals surface area contributed by atoms with Crippen molar-refractivity contribution in [1.29, 1.82) is 10.8 Å². The molecular formula is C20H17N5O3S. The Kier molecular flexibility index (Phi) is 6.54. The minimum atomic E-state index is -0.528. The molecule has 0 fully saturated rings. The van der Waals surface area contributed by atoms with E-state index in [1.165, 1.54) is 17.0 Å². The summed E-state index contributed by atoms with van der Waals surface area (Å²) in [7, 11) is 0. The lowest BCUT2D eigenvalue weighted by Crippen LogP contribution is -2.37. The first-order valence-electron chi connectivity index (χ1n) is 8.52. The topological polar surface area (TPSA) is 116 Å². The van der Waals surface area contributed by atoms with E-state index in [0.29, 0.717) is 16.5 Å². The quantitative estimate of drug-likeness (QED) is 0.203. The van der Waals surface area contributed by atoms with Gasteiger partial charge in [-0.3, -0.25) is 25.8 Å². The second-order valence-corrected chi connectivity index (χ2v) is 6.75. The standard InChI is InChI=1S/C20H17N5O3S/c21-18(14-28-17-9-5-2-6-10-17)24(15-7-3-1-4-8-15)20(22)29-19-12-11-16(13-23-19)25(26)27/h1-13,21-22H,14H2. The molecule has 0 atom stereocenters. The lowest BCUT2D eigenvalue weighted by molar-refractivity contribution is -0.385. The van der Waals surface area contributed by atoms with Crippen molar-refractivity contribution in [2.75, 3.05) is 11.5 Å². The van der Waals surface area contributed by atoms with Crippen molar-refractivity contribution in [3.05, 3.63) is 89.1 Å². The summed E-state index contributed by atoms with van der Waals surface area (Å²) in [5.74, 6) is 0.695. The smallest absolute Gasteiger partial charge is 0.287 e. The number of nitrogens with one attached hydrogen (secondary N) is 2. The van der Waals surface area contributed by atoms with Gasteiger partial charge in [-0.2, -0.15) is 0 Å². The third-order valence-corrected chi connectivity index (χ3v) is 4.57. The highest BCUT2D eigenvalue weighted by Crippen LogP contribution is 2.25.